The molecule has 1 rings (SSSR count). The molecule has 2 N–H and O–H groups in total. The number of carbonyl (C=O) groups is 1. The van der Waals surface area contributed by atoms with Crippen molar-refractivity contribution in [1.82, 2.24) is 0 Å². The molecule has 0 bridgehead atoms. The van der Waals surface area contributed by atoms with Gasteiger partial charge in [0, 0.05) is 5.88 Å². The van der Waals surface area contributed by atoms with E-state index in [0.29, 0.717) is 5.88 Å². The van der Waals surface area contributed by atoms with Gasteiger partial charge in [-0.1, -0.05) is 44.0 Å². The first kappa shape index (κ1) is 13.0. The standard InChI is InChI=1S/C13H17ClNO/c1-2-3-4-12(13(15)16)11-7-5-10(9-14)6-8-11/h5-8,12H,1-4,9H2,(H2,15,16). The van der Waals surface area contributed by atoms with Crippen molar-refractivity contribution in [3.05, 3.63) is 42.3 Å². The number of hydrogen-bond donors (Lipinski definition) is 1. The maximum absolute atomic E-state index is 11.3. The normalized spacial score (nSPS) is 12.4. The fourth-order valence-electron chi connectivity index (χ4n) is 1.66. The van der Waals surface area contributed by atoms with Crippen LogP contribution in [-0.4, -0.2) is 5.91 Å². The van der Waals surface area contributed by atoms with Gasteiger partial charge < -0.3 is 5.73 Å². The molecule has 0 aliphatic rings. The first-order valence-electron chi connectivity index (χ1n) is 5.42. The summed E-state index contributed by atoms with van der Waals surface area (Å²) in [5, 5.41) is 0. The van der Waals surface area contributed by atoms with Crippen LogP contribution in [0.5, 0.6) is 0 Å². The third-order valence-electron chi connectivity index (χ3n) is 2.62. The van der Waals surface area contributed by atoms with Crippen LogP contribution < -0.4 is 5.73 Å². The highest BCUT2D eigenvalue weighted by Crippen LogP contribution is 2.22. The highest BCUT2D eigenvalue weighted by Gasteiger charge is 2.16. The van der Waals surface area contributed by atoms with E-state index in [0.717, 1.165) is 30.4 Å². The number of unbranched alkanes of at least 4 members (excludes halogenated alkanes) is 1. The molecule has 1 aromatic rings. The Hall–Kier alpha value is -1.02. The second-order valence-electron chi connectivity index (χ2n) is 3.83. The van der Waals surface area contributed by atoms with Crippen LogP contribution >= 0.6 is 11.6 Å². The second-order valence-corrected chi connectivity index (χ2v) is 4.09. The zero-order valence-corrected chi connectivity index (χ0v) is 10.0. The highest BCUT2D eigenvalue weighted by atomic mass is 35.5. The largest absolute Gasteiger partial charge is 0.369 e. The van der Waals surface area contributed by atoms with E-state index in [2.05, 4.69) is 6.92 Å². The van der Waals surface area contributed by atoms with Gasteiger partial charge in [-0.25, -0.2) is 0 Å². The Bertz CT molecular complexity index is 334. The van der Waals surface area contributed by atoms with Gasteiger partial charge in [0.2, 0.25) is 5.91 Å². The molecular formula is C13H17ClNO. The van der Waals surface area contributed by atoms with Crippen molar-refractivity contribution in [3.8, 4) is 0 Å². The molecule has 1 unspecified atom stereocenters. The van der Waals surface area contributed by atoms with Crippen molar-refractivity contribution in [2.75, 3.05) is 0 Å². The molecule has 2 nitrogen and oxygen atoms in total. The van der Waals surface area contributed by atoms with Crippen LogP contribution in [0.3, 0.4) is 0 Å². The fourth-order valence-corrected chi connectivity index (χ4v) is 1.84. The van der Waals surface area contributed by atoms with Crippen molar-refractivity contribution in [3.63, 3.8) is 0 Å². The van der Waals surface area contributed by atoms with Gasteiger partial charge in [-0.05, 0) is 17.5 Å². The Labute approximate surface area is 102 Å². The summed E-state index contributed by atoms with van der Waals surface area (Å²) < 4.78 is 0. The van der Waals surface area contributed by atoms with Crippen LogP contribution in [0.15, 0.2) is 24.3 Å². The Kier molecular flexibility index (Phi) is 5.33. The van der Waals surface area contributed by atoms with Crippen molar-refractivity contribution in [2.45, 2.75) is 31.1 Å². The number of rotatable bonds is 6. The number of benzene rings is 1. The molecule has 0 saturated heterocycles. The lowest BCUT2D eigenvalue weighted by atomic mass is 9.92. The average molecular weight is 239 g/mol. The number of primary amides is 1. The first-order chi connectivity index (χ1) is 7.69. The zero-order valence-electron chi connectivity index (χ0n) is 9.29. The molecule has 1 aromatic carbocycles. The lowest BCUT2D eigenvalue weighted by Crippen LogP contribution is -2.21. The van der Waals surface area contributed by atoms with Crippen molar-refractivity contribution in [1.29, 1.82) is 0 Å². The Morgan fingerprint density at radius 1 is 1.38 bits per heavy atom. The fraction of sp³-hybridized carbons (Fsp3) is 0.385. The summed E-state index contributed by atoms with van der Waals surface area (Å²) in [6, 6.07) is 7.72. The number of halogens is 1. The van der Waals surface area contributed by atoms with Gasteiger partial charge in [-0.3, -0.25) is 4.79 Å². The minimum atomic E-state index is -0.271. The number of alkyl halides is 1. The van der Waals surface area contributed by atoms with Crippen LogP contribution in [0.2, 0.25) is 0 Å². The van der Waals surface area contributed by atoms with E-state index in [4.69, 9.17) is 17.3 Å². The Balaban J connectivity index is 2.79. The van der Waals surface area contributed by atoms with Crippen LogP contribution in [0.25, 0.3) is 0 Å². The summed E-state index contributed by atoms with van der Waals surface area (Å²) in [6.07, 6.45) is 2.49. The number of nitrogens with two attached hydrogens (primary N) is 1. The van der Waals surface area contributed by atoms with E-state index in [9.17, 15) is 4.79 Å². The van der Waals surface area contributed by atoms with E-state index in [-0.39, 0.29) is 11.8 Å². The third kappa shape index (κ3) is 3.53. The average Bonchev–Trinajstić information content (AvgIpc) is 2.30. The summed E-state index contributed by atoms with van der Waals surface area (Å²) in [6.45, 7) is 3.77. The molecule has 0 fully saturated rings. The van der Waals surface area contributed by atoms with Gasteiger partial charge in [0.25, 0.3) is 0 Å². The minimum Gasteiger partial charge on any atom is -0.369 e. The molecule has 0 heterocycles. The van der Waals surface area contributed by atoms with Gasteiger partial charge in [0.15, 0.2) is 0 Å². The van der Waals surface area contributed by atoms with E-state index in [1.807, 2.05) is 24.3 Å². The predicted octanol–water partition coefficient (Wildman–Crippen LogP) is 3.00. The molecule has 0 saturated carbocycles. The van der Waals surface area contributed by atoms with Gasteiger partial charge in [-0.15, -0.1) is 11.6 Å². The van der Waals surface area contributed by atoms with Gasteiger partial charge in [0.05, 0.1) is 5.92 Å². The van der Waals surface area contributed by atoms with Crippen molar-refractivity contribution in [2.24, 2.45) is 5.73 Å². The molecule has 1 radical (unpaired) electrons. The molecule has 3 heteroatoms. The molecule has 0 aliphatic carbocycles. The number of carbonyl (C=O) groups excluding carboxylic acids is 1. The van der Waals surface area contributed by atoms with Crippen molar-refractivity contribution >= 4 is 17.5 Å². The Morgan fingerprint density at radius 2 is 2.00 bits per heavy atom. The molecular weight excluding hydrogens is 222 g/mol. The highest BCUT2D eigenvalue weighted by molar-refractivity contribution is 6.17. The summed E-state index contributed by atoms with van der Waals surface area (Å²) in [5.41, 5.74) is 7.41. The summed E-state index contributed by atoms with van der Waals surface area (Å²) in [4.78, 5) is 11.3. The Morgan fingerprint density at radius 3 is 2.44 bits per heavy atom. The summed E-state index contributed by atoms with van der Waals surface area (Å²) >= 11 is 5.71. The maximum Gasteiger partial charge on any atom is 0.224 e. The van der Waals surface area contributed by atoms with Gasteiger partial charge >= 0.3 is 0 Å². The van der Waals surface area contributed by atoms with Crippen molar-refractivity contribution < 1.29 is 4.79 Å². The molecule has 1 amide bonds. The van der Waals surface area contributed by atoms with E-state index >= 15 is 0 Å². The van der Waals surface area contributed by atoms with E-state index in [1.165, 1.54) is 0 Å². The zero-order chi connectivity index (χ0) is 12.0. The molecule has 0 spiro atoms. The van der Waals surface area contributed by atoms with Crippen LogP contribution in [0.4, 0.5) is 0 Å². The molecule has 0 aromatic heterocycles. The third-order valence-corrected chi connectivity index (χ3v) is 2.93. The van der Waals surface area contributed by atoms with Gasteiger partial charge in [0.1, 0.15) is 0 Å². The predicted molar refractivity (Wildman–Crippen MR) is 67.1 cm³/mol. The molecule has 1 atom stereocenters. The minimum absolute atomic E-state index is 0.203. The molecule has 87 valence electrons. The van der Waals surface area contributed by atoms with E-state index in [1.54, 1.807) is 0 Å². The lowest BCUT2D eigenvalue weighted by molar-refractivity contribution is -0.119. The quantitative estimate of drug-likeness (QED) is 0.761. The lowest BCUT2D eigenvalue weighted by Gasteiger charge is -2.13. The maximum atomic E-state index is 11.3. The number of amides is 1. The van der Waals surface area contributed by atoms with Crippen LogP contribution in [0, 0.1) is 6.92 Å². The van der Waals surface area contributed by atoms with E-state index < -0.39 is 0 Å². The second kappa shape index (κ2) is 6.54. The summed E-state index contributed by atoms with van der Waals surface area (Å²) in [7, 11) is 0. The molecule has 0 aliphatic heterocycles. The monoisotopic (exact) mass is 238 g/mol. The molecule has 16 heavy (non-hydrogen) atoms. The summed E-state index contributed by atoms with van der Waals surface area (Å²) in [5.74, 6) is 0.0126. The van der Waals surface area contributed by atoms with Gasteiger partial charge in [-0.2, -0.15) is 0 Å². The van der Waals surface area contributed by atoms with Crippen LogP contribution in [0.1, 0.15) is 36.3 Å². The SMILES string of the molecule is [CH2]CCCC(C(N)=O)c1ccc(CCl)cc1. The van der Waals surface area contributed by atoms with Crippen LogP contribution in [-0.2, 0) is 10.7 Å². The topological polar surface area (TPSA) is 43.1 Å². The first-order valence-corrected chi connectivity index (χ1v) is 5.96. The smallest absolute Gasteiger partial charge is 0.224 e. The number of hydrogen-bond acceptors (Lipinski definition) is 1.